The van der Waals surface area contributed by atoms with Crippen LogP contribution < -0.4 is 5.32 Å². The van der Waals surface area contributed by atoms with Crippen LogP contribution in [0.15, 0.2) is 52.7 Å². The third kappa shape index (κ3) is 6.84. The van der Waals surface area contributed by atoms with Crippen LogP contribution in [0.2, 0.25) is 0 Å². The van der Waals surface area contributed by atoms with Gasteiger partial charge in [-0.25, -0.2) is 0 Å². The Labute approximate surface area is 157 Å². The van der Waals surface area contributed by atoms with E-state index in [1.165, 1.54) is 50.6 Å². The van der Waals surface area contributed by atoms with Crippen LogP contribution in [0.5, 0.6) is 0 Å². The molecule has 23 heavy (non-hydrogen) atoms. The van der Waals surface area contributed by atoms with Gasteiger partial charge in [0.05, 0.1) is 0 Å². The van der Waals surface area contributed by atoms with E-state index >= 15 is 0 Å². The van der Waals surface area contributed by atoms with E-state index in [0.29, 0.717) is 0 Å². The number of hydrogen-bond donors (Lipinski definition) is 1. The maximum absolute atomic E-state index is 3.94. The summed E-state index contributed by atoms with van der Waals surface area (Å²) in [7, 11) is 0. The second kappa shape index (κ2) is 9.68. The lowest BCUT2D eigenvalue weighted by Crippen LogP contribution is -2.20. The zero-order valence-corrected chi connectivity index (χ0v) is 17.1. The summed E-state index contributed by atoms with van der Waals surface area (Å²) in [5.74, 6) is 0. The Bertz CT molecular complexity index is 533. The van der Waals surface area contributed by atoms with E-state index in [2.05, 4.69) is 86.6 Å². The summed E-state index contributed by atoms with van der Waals surface area (Å²) in [5.41, 5.74) is 2.31. The summed E-state index contributed by atoms with van der Waals surface area (Å²) in [6.45, 7) is 2.27. The number of hydrogen-bond acceptors (Lipinski definition) is 1. The highest BCUT2D eigenvalue weighted by atomic mass is 79.9. The Morgan fingerprint density at radius 1 is 1.04 bits per heavy atom. The summed E-state index contributed by atoms with van der Waals surface area (Å²) in [4.78, 5) is 0. The third-order valence-electron chi connectivity index (χ3n) is 4.30. The van der Waals surface area contributed by atoms with E-state index in [4.69, 9.17) is 0 Å². The van der Waals surface area contributed by atoms with Gasteiger partial charge in [-0.15, -0.1) is 0 Å². The third-order valence-corrected chi connectivity index (χ3v) is 5.81. The smallest absolute Gasteiger partial charge is 0.0475 e. The van der Waals surface area contributed by atoms with Crippen molar-refractivity contribution in [2.75, 3.05) is 5.32 Å². The van der Waals surface area contributed by atoms with Crippen LogP contribution in [0.25, 0.3) is 0 Å². The van der Waals surface area contributed by atoms with Crippen LogP contribution in [-0.4, -0.2) is 4.32 Å². The van der Waals surface area contributed by atoms with Gasteiger partial charge >= 0.3 is 0 Å². The molecule has 1 atom stereocenters. The molecule has 1 nitrogen and oxygen atoms in total. The summed E-state index contributed by atoms with van der Waals surface area (Å²) in [6, 6.07) is 8.29. The van der Waals surface area contributed by atoms with Gasteiger partial charge < -0.3 is 5.32 Å². The largest absolute Gasteiger partial charge is 0.356 e. The number of allylic oxidation sites excluding steroid dienone is 3. The van der Waals surface area contributed by atoms with Gasteiger partial charge in [-0.1, -0.05) is 89.5 Å². The molecule has 0 radical (unpaired) electrons. The average molecular weight is 441 g/mol. The summed E-state index contributed by atoms with van der Waals surface area (Å²) in [6.07, 6.45) is 17.2. The van der Waals surface area contributed by atoms with Crippen molar-refractivity contribution in [2.24, 2.45) is 0 Å². The van der Waals surface area contributed by atoms with Crippen molar-refractivity contribution in [3.8, 4) is 0 Å². The molecule has 1 unspecified atom stereocenters. The van der Waals surface area contributed by atoms with Crippen molar-refractivity contribution in [1.82, 2.24) is 0 Å². The van der Waals surface area contributed by atoms with E-state index in [-0.39, 0.29) is 4.32 Å². The van der Waals surface area contributed by atoms with Crippen LogP contribution in [-0.2, 0) is 0 Å². The first-order valence-corrected chi connectivity index (χ1v) is 10.3. The lowest BCUT2D eigenvalue weighted by atomic mass is 9.93. The van der Waals surface area contributed by atoms with Gasteiger partial charge in [0.25, 0.3) is 0 Å². The second-order valence-electron chi connectivity index (χ2n) is 6.38. The second-order valence-corrected chi connectivity index (χ2v) is 8.88. The maximum Gasteiger partial charge on any atom is 0.0475 e. The quantitative estimate of drug-likeness (QED) is 0.308. The van der Waals surface area contributed by atoms with Crippen molar-refractivity contribution in [3.05, 3.63) is 52.7 Å². The molecule has 0 bridgehead atoms. The molecule has 1 aliphatic rings. The van der Waals surface area contributed by atoms with E-state index in [9.17, 15) is 0 Å². The number of nitrogens with one attached hydrogen (secondary N) is 1. The van der Waals surface area contributed by atoms with Crippen molar-refractivity contribution >= 4 is 37.5 Å². The predicted octanol–water partition coefficient (Wildman–Crippen LogP) is 7.59. The molecule has 0 heterocycles. The van der Waals surface area contributed by atoms with Gasteiger partial charge in [0.15, 0.2) is 0 Å². The fourth-order valence-electron chi connectivity index (χ4n) is 2.83. The topological polar surface area (TPSA) is 12.0 Å². The van der Waals surface area contributed by atoms with Gasteiger partial charge in [0, 0.05) is 20.2 Å². The highest BCUT2D eigenvalue weighted by Gasteiger charge is 2.24. The molecule has 3 heteroatoms. The fraction of sp³-hybridized carbons (Fsp3) is 0.500. The minimum atomic E-state index is 0.155. The van der Waals surface area contributed by atoms with Crippen LogP contribution in [0.4, 0.5) is 5.69 Å². The first-order valence-electron chi connectivity index (χ1n) is 8.72. The summed E-state index contributed by atoms with van der Waals surface area (Å²) in [5, 5.41) is 3.47. The molecule has 2 rings (SSSR count). The fourth-order valence-corrected chi connectivity index (χ4v) is 3.67. The van der Waals surface area contributed by atoms with Crippen molar-refractivity contribution in [1.29, 1.82) is 0 Å². The zero-order valence-electron chi connectivity index (χ0n) is 14.0. The van der Waals surface area contributed by atoms with Gasteiger partial charge in [0.1, 0.15) is 0 Å². The van der Waals surface area contributed by atoms with Gasteiger partial charge in [-0.2, -0.15) is 0 Å². The summed E-state index contributed by atoms with van der Waals surface area (Å²) >= 11 is 7.40. The molecule has 0 spiro atoms. The molecule has 1 aromatic rings. The van der Waals surface area contributed by atoms with Gasteiger partial charge in [-0.3, -0.25) is 0 Å². The van der Waals surface area contributed by atoms with E-state index < -0.39 is 0 Å². The SMILES string of the molecule is CCCCCCCCC1(Br)C=CC(Nc2ccc(Br)cc2)=CC1. The molecule has 1 aromatic carbocycles. The molecule has 0 aliphatic heterocycles. The number of unbranched alkanes of at least 4 members (excludes halogenated alkanes) is 5. The van der Waals surface area contributed by atoms with Gasteiger partial charge in [-0.05, 0) is 43.2 Å². The molecule has 1 N–H and O–H groups in total. The molecule has 1 aliphatic carbocycles. The molecule has 0 aromatic heterocycles. The van der Waals surface area contributed by atoms with Crippen LogP contribution in [0.1, 0.15) is 58.3 Å². The Morgan fingerprint density at radius 2 is 1.74 bits per heavy atom. The first kappa shape index (κ1) is 18.8. The Balaban J connectivity index is 1.74. The molecular formula is C20H27Br2N. The molecule has 0 saturated heterocycles. The van der Waals surface area contributed by atoms with Crippen LogP contribution >= 0.6 is 31.9 Å². The average Bonchev–Trinajstić information content (AvgIpc) is 2.55. The number of alkyl halides is 1. The zero-order chi connectivity index (χ0) is 16.5. The standard InChI is InChI=1S/C20H27Br2N/c1-2-3-4-5-6-7-14-20(22)15-12-19(13-16-20)23-18-10-8-17(21)9-11-18/h8-13,15,23H,2-7,14,16H2,1H3. The Hall–Kier alpha value is -0.540. The van der Waals surface area contributed by atoms with Crippen molar-refractivity contribution in [3.63, 3.8) is 0 Å². The van der Waals surface area contributed by atoms with E-state index in [0.717, 1.165) is 16.6 Å². The highest BCUT2D eigenvalue weighted by Crippen LogP contribution is 2.35. The number of anilines is 1. The lowest BCUT2D eigenvalue weighted by Gasteiger charge is -2.26. The molecule has 0 amide bonds. The lowest BCUT2D eigenvalue weighted by molar-refractivity contribution is 0.550. The minimum Gasteiger partial charge on any atom is -0.356 e. The molecule has 126 valence electrons. The number of rotatable bonds is 9. The minimum absolute atomic E-state index is 0.155. The maximum atomic E-state index is 3.94. The van der Waals surface area contributed by atoms with Gasteiger partial charge in [0.2, 0.25) is 0 Å². The number of halogens is 2. The van der Waals surface area contributed by atoms with Crippen LogP contribution in [0, 0.1) is 0 Å². The monoisotopic (exact) mass is 439 g/mol. The number of benzene rings is 1. The van der Waals surface area contributed by atoms with Crippen LogP contribution in [0.3, 0.4) is 0 Å². The molecular weight excluding hydrogens is 414 g/mol. The summed E-state index contributed by atoms with van der Waals surface area (Å²) < 4.78 is 1.26. The first-order chi connectivity index (χ1) is 11.1. The predicted molar refractivity (Wildman–Crippen MR) is 109 cm³/mol. The van der Waals surface area contributed by atoms with Crippen molar-refractivity contribution < 1.29 is 0 Å². The normalized spacial score (nSPS) is 20.4. The Kier molecular flexibility index (Phi) is 7.91. The van der Waals surface area contributed by atoms with E-state index in [1.807, 2.05) is 0 Å². The van der Waals surface area contributed by atoms with Crippen molar-refractivity contribution in [2.45, 2.75) is 62.6 Å². The highest BCUT2D eigenvalue weighted by molar-refractivity contribution is 9.10. The molecule has 0 fully saturated rings. The molecule has 0 saturated carbocycles. The van der Waals surface area contributed by atoms with E-state index in [1.54, 1.807) is 0 Å². The Morgan fingerprint density at radius 3 is 2.39 bits per heavy atom.